The Labute approximate surface area is 100.0 Å². The van der Waals surface area contributed by atoms with Crippen molar-refractivity contribution in [1.82, 2.24) is 0 Å². The molecule has 17 heavy (non-hydrogen) atoms. The number of hydrogen-bond acceptors (Lipinski definition) is 4. The van der Waals surface area contributed by atoms with Crippen molar-refractivity contribution in [2.75, 3.05) is 0 Å². The van der Waals surface area contributed by atoms with E-state index in [2.05, 4.69) is 4.42 Å². The van der Waals surface area contributed by atoms with Crippen molar-refractivity contribution < 1.29 is 22.3 Å². The van der Waals surface area contributed by atoms with E-state index in [4.69, 9.17) is 4.74 Å². The minimum atomic E-state index is -4.56. The van der Waals surface area contributed by atoms with Crippen LogP contribution >= 0.6 is 11.8 Å². The summed E-state index contributed by atoms with van der Waals surface area (Å²) in [7, 11) is 0. The summed E-state index contributed by atoms with van der Waals surface area (Å²) >= 11 is -0.527. The lowest BCUT2D eigenvalue weighted by atomic mass is 10.4. The fourth-order valence-corrected chi connectivity index (χ4v) is 1.69. The molecule has 0 aliphatic heterocycles. The summed E-state index contributed by atoms with van der Waals surface area (Å²) in [5.41, 5.74) is -5.60. The molecule has 0 aromatic carbocycles. The molecule has 96 valence electrons. The summed E-state index contributed by atoms with van der Waals surface area (Å²) in [6.45, 7) is 4.79. The molecular formula is C10H11F3O3S. The van der Waals surface area contributed by atoms with E-state index in [1.807, 2.05) is 0 Å². The van der Waals surface area contributed by atoms with Crippen LogP contribution in [0.15, 0.2) is 20.2 Å². The minimum absolute atomic E-state index is 0.101. The third-order valence-corrected chi connectivity index (χ3v) is 2.38. The Morgan fingerprint density at radius 2 is 2.00 bits per heavy atom. The van der Waals surface area contributed by atoms with Gasteiger partial charge in [0.2, 0.25) is 0 Å². The first-order valence-corrected chi connectivity index (χ1v) is 5.58. The fourth-order valence-electron chi connectivity index (χ4n) is 1.12. The molecule has 1 rings (SSSR count). The van der Waals surface area contributed by atoms with E-state index in [1.54, 1.807) is 13.8 Å². The van der Waals surface area contributed by atoms with Crippen LogP contribution in [0.1, 0.15) is 19.6 Å². The highest BCUT2D eigenvalue weighted by molar-refractivity contribution is 8.00. The summed E-state index contributed by atoms with van der Waals surface area (Å²) in [6.07, 6.45) is -0.330. The Balaban J connectivity index is 3.21. The van der Waals surface area contributed by atoms with E-state index in [1.165, 1.54) is 13.0 Å². The van der Waals surface area contributed by atoms with Gasteiger partial charge < -0.3 is 9.15 Å². The lowest BCUT2D eigenvalue weighted by molar-refractivity contribution is -0.0330. The molecule has 0 fully saturated rings. The van der Waals surface area contributed by atoms with Crippen molar-refractivity contribution in [1.29, 1.82) is 0 Å². The third-order valence-electron chi connectivity index (χ3n) is 1.58. The Morgan fingerprint density at radius 1 is 1.41 bits per heavy atom. The highest BCUT2D eigenvalue weighted by Crippen LogP contribution is 2.39. The number of thioether (sulfide) groups is 1. The lowest BCUT2D eigenvalue weighted by Crippen LogP contribution is -2.14. The van der Waals surface area contributed by atoms with Crippen LogP contribution in [0.25, 0.3) is 0 Å². The van der Waals surface area contributed by atoms with E-state index < -0.39 is 27.8 Å². The molecule has 1 aromatic rings. The van der Waals surface area contributed by atoms with Crippen molar-refractivity contribution in [3.05, 3.63) is 22.2 Å². The van der Waals surface area contributed by atoms with Gasteiger partial charge in [-0.2, -0.15) is 13.2 Å². The van der Waals surface area contributed by atoms with E-state index in [-0.39, 0.29) is 17.6 Å². The van der Waals surface area contributed by atoms with E-state index in [0.717, 1.165) is 0 Å². The molecule has 1 heterocycles. The standard InChI is InChI=1S/C10H11F3O3S/c1-5(2)15-7-4-6(3)16-9(14)8(7)17-10(11,12)13/h4-5H,1-3H3. The van der Waals surface area contributed by atoms with Crippen LogP contribution in [0.5, 0.6) is 5.75 Å². The average Bonchev–Trinajstić information content (AvgIpc) is 2.08. The van der Waals surface area contributed by atoms with Gasteiger partial charge in [0, 0.05) is 6.07 Å². The molecule has 0 bridgehead atoms. The number of rotatable bonds is 3. The number of aryl methyl sites for hydroxylation is 1. The first-order valence-electron chi connectivity index (χ1n) is 4.76. The van der Waals surface area contributed by atoms with Gasteiger partial charge >= 0.3 is 11.1 Å². The molecule has 0 aliphatic rings. The van der Waals surface area contributed by atoms with Gasteiger partial charge in [0.15, 0.2) is 0 Å². The van der Waals surface area contributed by atoms with Crippen LogP contribution in [0.4, 0.5) is 13.2 Å². The number of hydrogen-bond donors (Lipinski definition) is 0. The summed E-state index contributed by atoms with van der Waals surface area (Å²) in [5.74, 6) is 0.105. The van der Waals surface area contributed by atoms with Gasteiger partial charge in [-0.1, -0.05) is 0 Å². The first-order chi connectivity index (χ1) is 7.69. The Bertz CT molecular complexity index is 451. The van der Waals surface area contributed by atoms with Crippen molar-refractivity contribution >= 4 is 11.8 Å². The van der Waals surface area contributed by atoms with E-state index in [0.29, 0.717) is 0 Å². The molecule has 0 saturated heterocycles. The van der Waals surface area contributed by atoms with Crippen LogP contribution in [-0.2, 0) is 0 Å². The molecule has 0 spiro atoms. The van der Waals surface area contributed by atoms with Gasteiger partial charge in [-0.15, -0.1) is 0 Å². The fraction of sp³-hybridized carbons (Fsp3) is 0.500. The van der Waals surface area contributed by atoms with Crippen LogP contribution in [-0.4, -0.2) is 11.6 Å². The second-order valence-electron chi connectivity index (χ2n) is 3.55. The Hall–Kier alpha value is -1.11. The third kappa shape index (κ3) is 4.33. The van der Waals surface area contributed by atoms with Crippen molar-refractivity contribution in [2.24, 2.45) is 0 Å². The van der Waals surface area contributed by atoms with Gasteiger partial charge in [0.25, 0.3) is 0 Å². The largest absolute Gasteiger partial charge is 0.489 e. The number of halogens is 3. The zero-order valence-corrected chi connectivity index (χ0v) is 10.2. The molecule has 0 N–H and O–H groups in total. The SMILES string of the molecule is Cc1cc(OC(C)C)c(SC(F)(F)F)c(=O)o1. The maximum atomic E-state index is 12.3. The first kappa shape index (κ1) is 14.0. The Kier molecular flexibility index (Phi) is 4.13. The molecule has 0 aliphatic carbocycles. The highest BCUT2D eigenvalue weighted by Gasteiger charge is 2.33. The second kappa shape index (κ2) is 5.03. The number of ether oxygens (including phenoxy) is 1. The zero-order valence-electron chi connectivity index (χ0n) is 9.42. The molecule has 0 atom stereocenters. The molecular weight excluding hydrogens is 257 g/mol. The van der Waals surface area contributed by atoms with Crippen LogP contribution in [0.3, 0.4) is 0 Å². The maximum absolute atomic E-state index is 12.3. The normalized spacial score (nSPS) is 11.9. The van der Waals surface area contributed by atoms with Crippen LogP contribution in [0, 0.1) is 6.92 Å². The molecule has 1 aromatic heterocycles. The van der Waals surface area contributed by atoms with E-state index in [9.17, 15) is 18.0 Å². The molecule has 7 heteroatoms. The van der Waals surface area contributed by atoms with Gasteiger partial charge in [-0.05, 0) is 32.5 Å². The van der Waals surface area contributed by atoms with E-state index >= 15 is 0 Å². The lowest BCUT2D eigenvalue weighted by Gasteiger charge is -2.14. The monoisotopic (exact) mass is 268 g/mol. The summed E-state index contributed by atoms with van der Waals surface area (Å²) in [5, 5.41) is 0. The van der Waals surface area contributed by atoms with Crippen molar-refractivity contribution in [3.8, 4) is 5.75 Å². The van der Waals surface area contributed by atoms with Gasteiger partial charge in [0.1, 0.15) is 16.4 Å². The quantitative estimate of drug-likeness (QED) is 0.788. The van der Waals surface area contributed by atoms with Gasteiger partial charge in [-0.25, -0.2) is 4.79 Å². The highest BCUT2D eigenvalue weighted by atomic mass is 32.2. The van der Waals surface area contributed by atoms with Gasteiger partial charge in [-0.3, -0.25) is 0 Å². The summed E-state index contributed by atoms with van der Waals surface area (Å²) in [4.78, 5) is 10.8. The number of alkyl halides is 3. The predicted octanol–water partition coefficient (Wildman–Crippen LogP) is 3.35. The van der Waals surface area contributed by atoms with Crippen molar-refractivity contribution in [3.63, 3.8) is 0 Å². The van der Waals surface area contributed by atoms with Crippen LogP contribution < -0.4 is 10.4 Å². The zero-order chi connectivity index (χ0) is 13.2. The molecule has 0 saturated carbocycles. The molecule has 3 nitrogen and oxygen atoms in total. The summed E-state index contributed by atoms with van der Waals surface area (Å²) < 4.78 is 46.6. The Morgan fingerprint density at radius 3 is 2.47 bits per heavy atom. The van der Waals surface area contributed by atoms with Crippen LogP contribution in [0.2, 0.25) is 0 Å². The second-order valence-corrected chi connectivity index (χ2v) is 4.63. The molecule has 0 amide bonds. The molecule has 0 radical (unpaired) electrons. The topological polar surface area (TPSA) is 39.4 Å². The van der Waals surface area contributed by atoms with Gasteiger partial charge in [0.05, 0.1) is 6.10 Å². The average molecular weight is 268 g/mol. The molecule has 0 unspecified atom stereocenters. The maximum Gasteiger partial charge on any atom is 0.446 e. The summed E-state index contributed by atoms with van der Waals surface area (Å²) in [6, 6.07) is 1.27. The predicted molar refractivity (Wildman–Crippen MR) is 57.4 cm³/mol. The smallest absolute Gasteiger partial charge is 0.446 e. The minimum Gasteiger partial charge on any atom is -0.489 e. The van der Waals surface area contributed by atoms with Crippen molar-refractivity contribution in [2.45, 2.75) is 37.3 Å².